The lowest BCUT2D eigenvalue weighted by molar-refractivity contribution is 0.0451. The molecule has 1 aliphatic rings. The molecule has 0 bridgehead atoms. The van der Waals surface area contributed by atoms with Gasteiger partial charge in [0, 0.05) is 11.1 Å². The normalized spacial score (nSPS) is 12.6. The molecular formula is C23H23NO4. The molecule has 2 aromatic carbocycles. The summed E-state index contributed by atoms with van der Waals surface area (Å²) in [6, 6.07) is 15.2. The van der Waals surface area contributed by atoms with Gasteiger partial charge in [0.15, 0.2) is 0 Å². The van der Waals surface area contributed by atoms with Gasteiger partial charge in [-0.2, -0.15) is 0 Å². The van der Waals surface area contributed by atoms with Gasteiger partial charge in [-0.25, -0.2) is 4.79 Å². The molecule has 0 spiro atoms. The van der Waals surface area contributed by atoms with Gasteiger partial charge in [0.1, 0.15) is 24.7 Å². The molecule has 0 saturated carbocycles. The molecule has 144 valence electrons. The summed E-state index contributed by atoms with van der Waals surface area (Å²) in [6.07, 6.45) is 2.82. The zero-order valence-electron chi connectivity index (χ0n) is 15.9. The maximum absolute atomic E-state index is 12.8. The third-order valence-electron chi connectivity index (χ3n) is 4.84. The van der Waals surface area contributed by atoms with Crippen LogP contribution in [0.1, 0.15) is 35.0 Å². The summed E-state index contributed by atoms with van der Waals surface area (Å²) in [5.74, 6) is 1.22. The molecule has 1 heterocycles. The maximum atomic E-state index is 12.8. The van der Waals surface area contributed by atoms with Crippen molar-refractivity contribution in [3.05, 3.63) is 65.4 Å². The van der Waals surface area contributed by atoms with Gasteiger partial charge in [-0.05, 0) is 62.1 Å². The number of rotatable bonds is 7. The van der Waals surface area contributed by atoms with E-state index in [2.05, 4.69) is 0 Å². The Morgan fingerprint density at radius 2 is 1.71 bits per heavy atom. The minimum absolute atomic E-state index is 0.192. The van der Waals surface area contributed by atoms with E-state index in [9.17, 15) is 4.79 Å². The average Bonchev–Trinajstić information content (AvgIpc) is 3.18. The van der Waals surface area contributed by atoms with E-state index < -0.39 is 0 Å². The van der Waals surface area contributed by atoms with Crippen molar-refractivity contribution in [1.29, 1.82) is 0 Å². The minimum atomic E-state index is -0.299. The largest absolute Gasteiger partial charge is 0.494 e. The van der Waals surface area contributed by atoms with Crippen LogP contribution < -0.4 is 9.47 Å². The summed E-state index contributed by atoms with van der Waals surface area (Å²) < 4.78 is 16.6. The zero-order chi connectivity index (χ0) is 19.3. The highest BCUT2D eigenvalue weighted by Gasteiger charge is 2.24. The van der Waals surface area contributed by atoms with Gasteiger partial charge >= 0.3 is 5.97 Å². The number of esters is 1. The number of para-hydroxylation sites is 1. The van der Waals surface area contributed by atoms with Gasteiger partial charge in [-0.3, -0.25) is 4.98 Å². The fraction of sp³-hybridized carbons (Fsp3) is 0.304. The van der Waals surface area contributed by atoms with Crippen molar-refractivity contribution in [3.8, 4) is 11.5 Å². The number of carbonyl (C=O) groups is 1. The van der Waals surface area contributed by atoms with E-state index in [0.29, 0.717) is 18.8 Å². The van der Waals surface area contributed by atoms with Crippen molar-refractivity contribution in [2.24, 2.45) is 0 Å². The van der Waals surface area contributed by atoms with E-state index >= 15 is 0 Å². The number of nitrogens with zero attached hydrogens (tertiary/aromatic N) is 1. The summed E-state index contributed by atoms with van der Waals surface area (Å²) in [5, 5.41) is 0.862. The predicted octanol–water partition coefficient (Wildman–Crippen LogP) is 4.36. The number of carbonyl (C=O) groups excluding carboxylic acids is 1. The number of fused-ring (bicyclic) bond motifs is 2. The number of benzene rings is 2. The van der Waals surface area contributed by atoms with Gasteiger partial charge in [-0.15, -0.1) is 0 Å². The summed E-state index contributed by atoms with van der Waals surface area (Å²) in [5.41, 5.74) is 3.58. The molecule has 28 heavy (non-hydrogen) atoms. The van der Waals surface area contributed by atoms with E-state index in [4.69, 9.17) is 19.2 Å². The van der Waals surface area contributed by atoms with Crippen LogP contribution in [0.4, 0.5) is 0 Å². The number of aromatic nitrogens is 1. The number of hydrogen-bond donors (Lipinski definition) is 0. The van der Waals surface area contributed by atoms with E-state index in [-0.39, 0.29) is 12.6 Å². The number of ether oxygens (including phenoxy) is 3. The van der Waals surface area contributed by atoms with Crippen molar-refractivity contribution < 1.29 is 19.0 Å². The fourth-order valence-electron chi connectivity index (χ4n) is 3.61. The first kappa shape index (κ1) is 18.3. The van der Waals surface area contributed by atoms with Crippen molar-refractivity contribution >= 4 is 16.9 Å². The SMILES string of the molecule is CCOc1ccc(OCCOC(=O)c2c3c(nc4ccccc24)CCC3)cc1. The molecule has 3 aromatic rings. The lowest BCUT2D eigenvalue weighted by Crippen LogP contribution is -2.15. The van der Waals surface area contributed by atoms with Crippen LogP contribution in [0.5, 0.6) is 11.5 Å². The standard InChI is InChI=1S/C23H23NO4/c1-2-26-16-10-12-17(13-11-16)27-14-15-28-23(25)22-18-6-3-4-8-20(18)24-21-9-5-7-19(21)22/h3-4,6,8,10-13H,2,5,7,9,14-15H2,1H3. The summed E-state index contributed by atoms with van der Waals surface area (Å²) in [7, 11) is 0. The highest BCUT2D eigenvalue weighted by atomic mass is 16.6. The monoisotopic (exact) mass is 377 g/mol. The lowest BCUT2D eigenvalue weighted by Gasteiger charge is -2.12. The highest BCUT2D eigenvalue weighted by molar-refractivity contribution is 6.05. The molecule has 4 rings (SSSR count). The molecule has 1 aliphatic carbocycles. The minimum Gasteiger partial charge on any atom is -0.494 e. The van der Waals surface area contributed by atoms with Gasteiger partial charge in [0.25, 0.3) is 0 Å². The molecule has 5 nitrogen and oxygen atoms in total. The van der Waals surface area contributed by atoms with Gasteiger partial charge in [0.2, 0.25) is 0 Å². The molecule has 0 atom stereocenters. The van der Waals surface area contributed by atoms with Crippen LogP contribution in [0.15, 0.2) is 48.5 Å². The Hall–Kier alpha value is -3.08. The Balaban J connectivity index is 1.41. The lowest BCUT2D eigenvalue weighted by atomic mass is 10.0. The quantitative estimate of drug-likeness (QED) is 0.452. The van der Waals surface area contributed by atoms with Crippen molar-refractivity contribution in [1.82, 2.24) is 4.98 Å². The van der Waals surface area contributed by atoms with Gasteiger partial charge in [0.05, 0.1) is 17.7 Å². The Morgan fingerprint density at radius 1 is 0.964 bits per heavy atom. The molecule has 1 aromatic heterocycles. The maximum Gasteiger partial charge on any atom is 0.339 e. The summed E-state index contributed by atoms with van der Waals surface area (Å²) in [4.78, 5) is 17.5. The first-order chi connectivity index (χ1) is 13.8. The smallest absolute Gasteiger partial charge is 0.339 e. The number of aryl methyl sites for hydroxylation is 1. The predicted molar refractivity (Wildman–Crippen MR) is 107 cm³/mol. The molecular weight excluding hydrogens is 354 g/mol. The topological polar surface area (TPSA) is 57.7 Å². The van der Waals surface area contributed by atoms with Crippen LogP contribution >= 0.6 is 0 Å². The van der Waals surface area contributed by atoms with Gasteiger partial charge in [-0.1, -0.05) is 18.2 Å². The van der Waals surface area contributed by atoms with Crippen LogP contribution in [-0.4, -0.2) is 30.8 Å². The first-order valence-corrected chi connectivity index (χ1v) is 9.69. The fourth-order valence-corrected chi connectivity index (χ4v) is 3.61. The third-order valence-corrected chi connectivity index (χ3v) is 4.84. The summed E-state index contributed by atoms with van der Waals surface area (Å²) >= 11 is 0. The molecule has 0 saturated heterocycles. The Kier molecular flexibility index (Phi) is 5.42. The summed E-state index contributed by atoms with van der Waals surface area (Å²) in [6.45, 7) is 3.06. The Morgan fingerprint density at radius 3 is 2.50 bits per heavy atom. The molecule has 0 N–H and O–H groups in total. The van der Waals surface area contributed by atoms with Crippen molar-refractivity contribution in [2.45, 2.75) is 26.2 Å². The van der Waals surface area contributed by atoms with E-state index in [1.54, 1.807) is 0 Å². The van der Waals surface area contributed by atoms with Gasteiger partial charge < -0.3 is 14.2 Å². The van der Waals surface area contributed by atoms with E-state index in [1.165, 1.54) is 0 Å². The van der Waals surface area contributed by atoms with E-state index in [0.717, 1.165) is 52.9 Å². The number of hydrogen-bond acceptors (Lipinski definition) is 5. The van der Waals surface area contributed by atoms with Crippen LogP contribution in [0.3, 0.4) is 0 Å². The van der Waals surface area contributed by atoms with Crippen LogP contribution in [0.2, 0.25) is 0 Å². The number of pyridine rings is 1. The molecule has 0 aliphatic heterocycles. The highest BCUT2D eigenvalue weighted by Crippen LogP contribution is 2.30. The zero-order valence-corrected chi connectivity index (χ0v) is 15.9. The molecule has 0 unspecified atom stereocenters. The van der Waals surface area contributed by atoms with Crippen LogP contribution in [0.25, 0.3) is 10.9 Å². The second kappa shape index (κ2) is 8.30. The Labute approximate surface area is 164 Å². The van der Waals surface area contributed by atoms with Crippen molar-refractivity contribution in [3.63, 3.8) is 0 Å². The molecule has 0 fully saturated rings. The molecule has 0 radical (unpaired) electrons. The average molecular weight is 377 g/mol. The Bertz CT molecular complexity index is 982. The van der Waals surface area contributed by atoms with Crippen LogP contribution in [-0.2, 0) is 17.6 Å². The first-order valence-electron chi connectivity index (χ1n) is 9.69. The second-order valence-corrected chi connectivity index (χ2v) is 6.67. The van der Waals surface area contributed by atoms with E-state index in [1.807, 2.05) is 55.5 Å². The second-order valence-electron chi connectivity index (χ2n) is 6.67. The third kappa shape index (κ3) is 3.79. The molecule has 0 amide bonds. The van der Waals surface area contributed by atoms with Crippen LogP contribution in [0, 0.1) is 0 Å². The molecule has 5 heteroatoms. The van der Waals surface area contributed by atoms with Crippen molar-refractivity contribution in [2.75, 3.05) is 19.8 Å².